The molecule has 3 N–H and O–H groups in total. The van der Waals surface area contributed by atoms with E-state index in [0.717, 1.165) is 32.1 Å². The maximum atomic E-state index is 10.1. The van der Waals surface area contributed by atoms with E-state index < -0.39 is 12.2 Å². The summed E-state index contributed by atoms with van der Waals surface area (Å²) in [6.07, 6.45) is 3.99. The first kappa shape index (κ1) is 12.7. The number of benzene rings is 1. The van der Waals surface area contributed by atoms with Crippen LogP contribution in [0.15, 0.2) is 18.2 Å². The van der Waals surface area contributed by atoms with Crippen molar-refractivity contribution in [1.82, 2.24) is 0 Å². The minimum atomic E-state index is -0.523. The van der Waals surface area contributed by atoms with Gasteiger partial charge in [-0.15, -0.1) is 0 Å². The molecule has 108 valence electrons. The Bertz CT molecular complexity index is 527. The quantitative estimate of drug-likeness (QED) is 0.679. The Morgan fingerprint density at radius 3 is 2.65 bits per heavy atom. The molecule has 20 heavy (non-hydrogen) atoms. The fourth-order valence-electron chi connectivity index (χ4n) is 5.19. The van der Waals surface area contributed by atoms with Gasteiger partial charge in [-0.05, 0) is 79.0 Å². The molecule has 0 amide bonds. The van der Waals surface area contributed by atoms with Crippen molar-refractivity contribution in [1.29, 1.82) is 0 Å². The van der Waals surface area contributed by atoms with Crippen LogP contribution in [-0.2, 0) is 6.42 Å². The van der Waals surface area contributed by atoms with E-state index in [4.69, 9.17) is 0 Å². The standard InChI is InChI=1S/C17H22O3/c18-10-2-4-11-9(7-10)1-3-13-12(11)5-6-14-15(13)8-16(19)17(14)20/h2,4,7,12-20H,1,3,5-6,8H2/t12-,13-,14?,15+,16-,17?/m1/s1. The number of phenols is 1. The van der Waals surface area contributed by atoms with Gasteiger partial charge in [-0.25, -0.2) is 0 Å². The maximum absolute atomic E-state index is 10.1. The summed E-state index contributed by atoms with van der Waals surface area (Å²) in [6, 6.07) is 5.80. The Morgan fingerprint density at radius 1 is 0.950 bits per heavy atom. The van der Waals surface area contributed by atoms with Crippen LogP contribution in [-0.4, -0.2) is 27.5 Å². The fraction of sp³-hybridized carbons (Fsp3) is 0.647. The van der Waals surface area contributed by atoms with Gasteiger partial charge in [-0.2, -0.15) is 0 Å². The smallest absolute Gasteiger partial charge is 0.115 e. The second-order valence-corrected chi connectivity index (χ2v) is 6.89. The number of phenolic OH excluding ortho intramolecular Hbond substituents is 1. The molecule has 0 radical (unpaired) electrons. The number of hydrogen-bond acceptors (Lipinski definition) is 3. The van der Waals surface area contributed by atoms with E-state index in [1.807, 2.05) is 6.07 Å². The van der Waals surface area contributed by atoms with Crippen molar-refractivity contribution in [2.75, 3.05) is 0 Å². The van der Waals surface area contributed by atoms with Gasteiger partial charge in [0.15, 0.2) is 0 Å². The Morgan fingerprint density at radius 2 is 1.80 bits per heavy atom. The molecule has 0 aromatic heterocycles. The molecule has 0 saturated heterocycles. The van der Waals surface area contributed by atoms with Crippen molar-refractivity contribution in [3.8, 4) is 5.75 Å². The highest BCUT2D eigenvalue weighted by molar-refractivity contribution is 5.39. The lowest BCUT2D eigenvalue weighted by molar-refractivity contribution is 0.00656. The van der Waals surface area contributed by atoms with Gasteiger partial charge in [0, 0.05) is 0 Å². The Balaban J connectivity index is 1.67. The first-order valence-corrected chi connectivity index (χ1v) is 7.83. The van der Waals surface area contributed by atoms with Crippen molar-refractivity contribution >= 4 is 0 Å². The predicted molar refractivity (Wildman–Crippen MR) is 75.5 cm³/mol. The molecule has 3 aliphatic rings. The summed E-state index contributed by atoms with van der Waals surface area (Å²) in [5.41, 5.74) is 2.69. The summed E-state index contributed by atoms with van der Waals surface area (Å²) in [4.78, 5) is 0. The molecular weight excluding hydrogens is 252 g/mol. The first-order chi connectivity index (χ1) is 9.65. The molecule has 0 bridgehead atoms. The highest BCUT2D eigenvalue weighted by Crippen LogP contribution is 2.55. The monoisotopic (exact) mass is 274 g/mol. The van der Waals surface area contributed by atoms with Crippen molar-refractivity contribution < 1.29 is 15.3 Å². The first-order valence-electron chi connectivity index (χ1n) is 7.83. The lowest BCUT2D eigenvalue weighted by Gasteiger charge is -2.44. The van der Waals surface area contributed by atoms with E-state index in [1.165, 1.54) is 11.1 Å². The molecule has 1 aromatic rings. The van der Waals surface area contributed by atoms with Gasteiger partial charge in [0.1, 0.15) is 5.75 Å². The molecular formula is C17H22O3. The van der Waals surface area contributed by atoms with Gasteiger partial charge in [0.25, 0.3) is 0 Å². The van der Waals surface area contributed by atoms with Crippen molar-refractivity contribution in [3.63, 3.8) is 0 Å². The van der Waals surface area contributed by atoms with Crippen LogP contribution in [0, 0.1) is 17.8 Å². The molecule has 1 aromatic carbocycles. The summed E-state index contributed by atoms with van der Waals surface area (Å²) in [7, 11) is 0. The summed E-state index contributed by atoms with van der Waals surface area (Å²) >= 11 is 0. The zero-order valence-corrected chi connectivity index (χ0v) is 11.6. The molecule has 3 heteroatoms. The van der Waals surface area contributed by atoms with Crippen LogP contribution in [0.4, 0.5) is 0 Å². The summed E-state index contributed by atoms with van der Waals surface area (Å²) in [5.74, 6) is 2.28. The molecule has 6 atom stereocenters. The third-order valence-corrected chi connectivity index (χ3v) is 6.05. The molecule has 2 fully saturated rings. The number of fused-ring (bicyclic) bond motifs is 5. The second-order valence-electron chi connectivity index (χ2n) is 6.89. The van der Waals surface area contributed by atoms with Crippen LogP contribution in [0.1, 0.15) is 42.7 Å². The van der Waals surface area contributed by atoms with Crippen LogP contribution in [0.25, 0.3) is 0 Å². The van der Waals surface area contributed by atoms with Crippen LogP contribution >= 0.6 is 0 Å². The van der Waals surface area contributed by atoms with Gasteiger partial charge < -0.3 is 15.3 Å². The minimum Gasteiger partial charge on any atom is -0.508 e. The van der Waals surface area contributed by atoms with E-state index in [2.05, 4.69) is 6.07 Å². The van der Waals surface area contributed by atoms with Crippen molar-refractivity contribution in [2.45, 2.75) is 50.2 Å². The maximum Gasteiger partial charge on any atom is 0.115 e. The van der Waals surface area contributed by atoms with Gasteiger partial charge in [0.05, 0.1) is 12.2 Å². The second kappa shape index (κ2) is 4.47. The number of aryl methyl sites for hydroxylation is 1. The van der Waals surface area contributed by atoms with E-state index in [0.29, 0.717) is 29.4 Å². The fourth-order valence-corrected chi connectivity index (χ4v) is 5.19. The Labute approximate surface area is 119 Å². The molecule has 2 unspecified atom stereocenters. The van der Waals surface area contributed by atoms with Crippen LogP contribution in [0.2, 0.25) is 0 Å². The number of rotatable bonds is 0. The van der Waals surface area contributed by atoms with E-state index >= 15 is 0 Å². The molecule has 2 saturated carbocycles. The van der Waals surface area contributed by atoms with Crippen molar-refractivity contribution in [3.05, 3.63) is 29.3 Å². The molecule has 0 heterocycles. The minimum absolute atomic E-state index is 0.296. The van der Waals surface area contributed by atoms with E-state index in [9.17, 15) is 15.3 Å². The molecule has 4 rings (SSSR count). The molecule has 0 spiro atoms. The lowest BCUT2D eigenvalue weighted by atomic mass is 9.61. The van der Waals surface area contributed by atoms with Crippen LogP contribution < -0.4 is 0 Å². The largest absolute Gasteiger partial charge is 0.508 e. The molecule has 0 aliphatic heterocycles. The van der Waals surface area contributed by atoms with Gasteiger partial charge in [-0.1, -0.05) is 6.07 Å². The normalized spacial score (nSPS) is 42.7. The lowest BCUT2D eigenvalue weighted by Crippen LogP contribution is -2.37. The number of hydrogen-bond donors (Lipinski definition) is 3. The number of aliphatic hydroxyl groups is 2. The SMILES string of the molecule is Oc1ccc2c(c1)CC[C@@H]1[C@@H]2CCC2C(O)[C@H](O)C[C@H]21. The van der Waals surface area contributed by atoms with Gasteiger partial charge >= 0.3 is 0 Å². The average Bonchev–Trinajstić information content (AvgIpc) is 2.74. The van der Waals surface area contributed by atoms with E-state index in [-0.39, 0.29) is 0 Å². The van der Waals surface area contributed by atoms with Crippen LogP contribution in [0.3, 0.4) is 0 Å². The van der Waals surface area contributed by atoms with Crippen molar-refractivity contribution in [2.24, 2.45) is 17.8 Å². The van der Waals surface area contributed by atoms with Crippen LogP contribution in [0.5, 0.6) is 5.75 Å². The number of aliphatic hydroxyl groups excluding tert-OH is 2. The van der Waals surface area contributed by atoms with E-state index in [1.54, 1.807) is 6.07 Å². The zero-order valence-electron chi connectivity index (χ0n) is 11.6. The number of aromatic hydroxyl groups is 1. The molecule has 3 nitrogen and oxygen atoms in total. The average molecular weight is 274 g/mol. The Kier molecular flexibility index (Phi) is 2.83. The summed E-state index contributed by atoms with van der Waals surface area (Å²) in [6.45, 7) is 0. The third kappa shape index (κ3) is 1.73. The predicted octanol–water partition coefficient (Wildman–Crippen LogP) is 2.19. The highest BCUT2D eigenvalue weighted by atomic mass is 16.3. The highest BCUT2D eigenvalue weighted by Gasteiger charge is 2.50. The summed E-state index contributed by atoms with van der Waals surface area (Å²) in [5, 5.41) is 29.7. The van der Waals surface area contributed by atoms with Gasteiger partial charge in [-0.3, -0.25) is 0 Å². The third-order valence-electron chi connectivity index (χ3n) is 6.05. The molecule has 3 aliphatic carbocycles. The Hall–Kier alpha value is -1.06. The summed E-state index contributed by atoms with van der Waals surface area (Å²) < 4.78 is 0. The van der Waals surface area contributed by atoms with Gasteiger partial charge in [0.2, 0.25) is 0 Å². The zero-order chi connectivity index (χ0) is 13.9. The topological polar surface area (TPSA) is 60.7 Å².